The molecular weight excluding hydrogens is 166 g/mol. The van der Waals surface area contributed by atoms with Gasteiger partial charge in [0, 0.05) is 19.7 Å². The fourth-order valence-corrected chi connectivity index (χ4v) is 1.78. The number of hydrogen-bond donors (Lipinski definition) is 0. The summed E-state index contributed by atoms with van der Waals surface area (Å²) in [4.78, 5) is 13.6. The lowest BCUT2D eigenvalue weighted by Crippen LogP contribution is -2.35. The molecule has 0 bridgehead atoms. The summed E-state index contributed by atoms with van der Waals surface area (Å²) in [6.07, 6.45) is 1.66. The van der Waals surface area contributed by atoms with Crippen LogP contribution in [0.5, 0.6) is 0 Å². The Hall–Kier alpha value is -0.570. The predicted molar refractivity (Wildman–Crippen MR) is 51.4 cm³/mol. The number of methoxy groups -OCH3 is 1. The third-order valence-electron chi connectivity index (χ3n) is 2.98. The summed E-state index contributed by atoms with van der Waals surface area (Å²) in [7, 11) is 1.63. The van der Waals surface area contributed by atoms with Crippen LogP contribution in [-0.4, -0.2) is 37.1 Å². The third-order valence-corrected chi connectivity index (χ3v) is 2.98. The van der Waals surface area contributed by atoms with Crippen molar-refractivity contribution in [1.29, 1.82) is 0 Å². The lowest BCUT2D eigenvalue weighted by molar-refractivity contribution is -0.132. The highest BCUT2D eigenvalue weighted by atomic mass is 16.5. The van der Waals surface area contributed by atoms with E-state index in [1.807, 2.05) is 4.90 Å². The predicted octanol–water partition coefficient (Wildman–Crippen LogP) is 1.28. The first-order chi connectivity index (χ1) is 6.16. The molecule has 1 heterocycles. The average Bonchev–Trinajstić information content (AvgIpc) is 2.44. The van der Waals surface area contributed by atoms with Gasteiger partial charge in [0.2, 0.25) is 5.91 Å². The maximum Gasteiger partial charge on any atom is 0.225 e. The summed E-state index contributed by atoms with van der Waals surface area (Å²) >= 11 is 0. The molecule has 3 heteroatoms. The van der Waals surface area contributed by atoms with Crippen LogP contribution < -0.4 is 0 Å². The zero-order valence-corrected chi connectivity index (χ0v) is 8.75. The molecule has 2 unspecified atom stereocenters. The summed E-state index contributed by atoms with van der Waals surface area (Å²) in [6.45, 7) is 5.79. The molecule has 1 aliphatic heterocycles. The molecule has 0 aliphatic carbocycles. The second-order valence-electron chi connectivity index (χ2n) is 3.84. The van der Waals surface area contributed by atoms with Gasteiger partial charge in [-0.2, -0.15) is 0 Å². The van der Waals surface area contributed by atoms with E-state index in [0.717, 1.165) is 13.0 Å². The lowest BCUT2D eigenvalue weighted by Gasteiger charge is -2.23. The minimum atomic E-state index is 0.235. The van der Waals surface area contributed by atoms with Gasteiger partial charge in [0.05, 0.1) is 13.0 Å². The topological polar surface area (TPSA) is 29.5 Å². The van der Waals surface area contributed by atoms with E-state index in [1.165, 1.54) is 0 Å². The second-order valence-corrected chi connectivity index (χ2v) is 3.84. The molecule has 0 aromatic rings. The van der Waals surface area contributed by atoms with Crippen molar-refractivity contribution in [1.82, 2.24) is 4.90 Å². The summed E-state index contributed by atoms with van der Waals surface area (Å²) in [5.41, 5.74) is 0. The zero-order chi connectivity index (χ0) is 9.84. The summed E-state index contributed by atoms with van der Waals surface area (Å²) in [6, 6.07) is 0.407. The Morgan fingerprint density at radius 3 is 2.69 bits per heavy atom. The van der Waals surface area contributed by atoms with Crippen molar-refractivity contribution in [3.8, 4) is 0 Å². The molecule has 13 heavy (non-hydrogen) atoms. The Morgan fingerprint density at radius 2 is 2.23 bits per heavy atom. The quantitative estimate of drug-likeness (QED) is 0.663. The maximum absolute atomic E-state index is 11.6. The van der Waals surface area contributed by atoms with Gasteiger partial charge in [0.1, 0.15) is 0 Å². The maximum atomic E-state index is 11.6. The number of rotatable bonds is 3. The number of likely N-dealkylation sites (tertiary alicyclic amines) is 1. The molecule has 0 N–H and O–H groups in total. The Labute approximate surface area is 80.1 Å². The molecule has 0 spiro atoms. The Bertz CT molecular complexity index is 182. The first-order valence-electron chi connectivity index (χ1n) is 4.95. The summed E-state index contributed by atoms with van der Waals surface area (Å²) in [5.74, 6) is 0.880. The van der Waals surface area contributed by atoms with Crippen molar-refractivity contribution in [3.63, 3.8) is 0 Å². The van der Waals surface area contributed by atoms with Gasteiger partial charge >= 0.3 is 0 Å². The average molecular weight is 185 g/mol. The van der Waals surface area contributed by atoms with E-state index in [4.69, 9.17) is 4.74 Å². The van der Waals surface area contributed by atoms with Crippen LogP contribution in [0.15, 0.2) is 0 Å². The molecule has 3 nitrogen and oxygen atoms in total. The zero-order valence-electron chi connectivity index (χ0n) is 8.75. The monoisotopic (exact) mass is 185 g/mol. The van der Waals surface area contributed by atoms with E-state index in [1.54, 1.807) is 7.11 Å². The smallest absolute Gasteiger partial charge is 0.225 e. The van der Waals surface area contributed by atoms with E-state index in [0.29, 0.717) is 25.0 Å². The van der Waals surface area contributed by atoms with E-state index >= 15 is 0 Å². The Kier molecular flexibility index (Phi) is 3.72. The Balaban J connectivity index is 2.39. The molecule has 1 rings (SSSR count). The van der Waals surface area contributed by atoms with E-state index < -0.39 is 0 Å². The normalized spacial score (nSPS) is 28.1. The van der Waals surface area contributed by atoms with Crippen LogP contribution in [0, 0.1) is 5.92 Å². The van der Waals surface area contributed by atoms with Crippen molar-refractivity contribution in [2.24, 2.45) is 5.92 Å². The van der Waals surface area contributed by atoms with Gasteiger partial charge in [0.25, 0.3) is 0 Å². The van der Waals surface area contributed by atoms with E-state index in [2.05, 4.69) is 13.8 Å². The lowest BCUT2D eigenvalue weighted by atomic mass is 10.1. The fraction of sp³-hybridized carbons (Fsp3) is 0.900. The van der Waals surface area contributed by atoms with Crippen molar-refractivity contribution in [3.05, 3.63) is 0 Å². The number of hydrogen-bond acceptors (Lipinski definition) is 2. The number of nitrogens with zero attached hydrogens (tertiary/aromatic N) is 1. The highest BCUT2D eigenvalue weighted by Gasteiger charge is 2.30. The van der Waals surface area contributed by atoms with Gasteiger partial charge in [-0.1, -0.05) is 6.92 Å². The van der Waals surface area contributed by atoms with Crippen LogP contribution in [-0.2, 0) is 9.53 Å². The Morgan fingerprint density at radius 1 is 1.54 bits per heavy atom. The first-order valence-corrected chi connectivity index (χ1v) is 4.95. The number of ether oxygens (including phenoxy) is 1. The molecule has 1 aliphatic rings. The molecule has 1 amide bonds. The highest BCUT2D eigenvalue weighted by Crippen LogP contribution is 2.23. The minimum Gasteiger partial charge on any atom is -0.384 e. The number of amides is 1. The largest absolute Gasteiger partial charge is 0.384 e. The van der Waals surface area contributed by atoms with Gasteiger partial charge < -0.3 is 9.64 Å². The molecule has 0 radical (unpaired) electrons. The van der Waals surface area contributed by atoms with E-state index in [-0.39, 0.29) is 5.91 Å². The van der Waals surface area contributed by atoms with Gasteiger partial charge in [0.15, 0.2) is 0 Å². The molecule has 0 saturated carbocycles. The van der Waals surface area contributed by atoms with Crippen LogP contribution in [0.25, 0.3) is 0 Å². The third kappa shape index (κ3) is 2.44. The number of carbonyl (C=O) groups excluding carboxylic acids is 1. The van der Waals surface area contributed by atoms with Crippen molar-refractivity contribution in [2.45, 2.75) is 32.7 Å². The van der Waals surface area contributed by atoms with E-state index in [9.17, 15) is 4.79 Å². The highest BCUT2D eigenvalue weighted by molar-refractivity contribution is 5.76. The molecule has 2 atom stereocenters. The van der Waals surface area contributed by atoms with Crippen LogP contribution in [0.1, 0.15) is 26.7 Å². The second kappa shape index (κ2) is 4.61. The van der Waals surface area contributed by atoms with Crippen LogP contribution in [0.4, 0.5) is 0 Å². The minimum absolute atomic E-state index is 0.235. The molecule has 1 saturated heterocycles. The molecular formula is C10H19NO2. The van der Waals surface area contributed by atoms with Gasteiger partial charge in [-0.15, -0.1) is 0 Å². The first kappa shape index (κ1) is 10.5. The SMILES string of the molecule is COCCC(=O)N1CCC(C)C1C. The van der Waals surface area contributed by atoms with Crippen LogP contribution >= 0.6 is 0 Å². The van der Waals surface area contributed by atoms with Crippen LogP contribution in [0.2, 0.25) is 0 Å². The van der Waals surface area contributed by atoms with Crippen LogP contribution in [0.3, 0.4) is 0 Å². The van der Waals surface area contributed by atoms with Crippen molar-refractivity contribution in [2.75, 3.05) is 20.3 Å². The molecule has 76 valence electrons. The van der Waals surface area contributed by atoms with Gasteiger partial charge in [-0.25, -0.2) is 0 Å². The summed E-state index contributed by atoms with van der Waals surface area (Å²) in [5, 5.41) is 0. The van der Waals surface area contributed by atoms with Crippen molar-refractivity contribution >= 4 is 5.91 Å². The fourth-order valence-electron chi connectivity index (χ4n) is 1.78. The van der Waals surface area contributed by atoms with Gasteiger partial charge in [-0.05, 0) is 19.3 Å². The van der Waals surface area contributed by atoms with Crippen molar-refractivity contribution < 1.29 is 9.53 Å². The molecule has 0 aromatic heterocycles. The van der Waals surface area contributed by atoms with Gasteiger partial charge in [-0.3, -0.25) is 4.79 Å². The standard InChI is InChI=1S/C10H19NO2/c1-8-4-6-11(9(8)2)10(12)5-7-13-3/h8-9H,4-7H2,1-3H3. The number of carbonyl (C=O) groups is 1. The molecule has 0 aromatic carbocycles. The molecule has 1 fully saturated rings. The summed E-state index contributed by atoms with van der Waals surface area (Å²) < 4.78 is 4.89.